The second-order valence-electron chi connectivity index (χ2n) is 2.99. The number of esters is 1. The normalized spacial score (nSPS) is 9.88. The first-order chi connectivity index (χ1) is 7.56. The van der Waals surface area contributed by atoms with Crippen LogP contribution in [-0.2, 0) is 16.0 Å². The Morgan fingerprint density at radius 2 is 2.25 bits per heavy atom. The van der Waals surface area contributed by atoms with Crippen molar-refractivity contribution in [2.75, 3.05) is 6.61 Å². The first kappa shape index (κ1) is 12.4. The lowest BCUT2D eigenvalue weighted by Crippen LogP contribution is -2.08. The minimum Gasteiger partial charge on any atom is -0.466 e. The van der Waals surface area contributed by atoms with Crippen LogP contribution in [0.4, 0.5) is 5.69 Å². The van der Waals surface area contributed by atoms with Gasteiger partial charge in [0.1, 0.15) is 5.02 Å². The van der Waals surface area contributed by atoms with E-state index in [1.807, 2.05) is 0 Å². The van der Waals surface area contributed by atoms with Crippen LogP contribution < -0.4 is 0 Å². The minimum atomic E-state index is -0.586. The molecule has 1 aromatic carbocycles. The monoisotopic (exact) mass is 243 g/mol. The topological polar surface area (TPSA) is 69.4 Å². The predicted molar refractivity (Wildman–Crippen MR) is 58.4 cm³/mol. The summed E-state index contributed by atoms with van der Waals surface area (Å²) in [5.41, 5.74) is 0.192. The number of hydrogen-bond acceptors (Lipinski definition) is 4. The van der Waals surface area contributed by atoms with Crippen LogP contribution in [0.5, 0.6) is 0 Å². The van der Waals surface area contributed by atoms with Crippen molar-refractivity contribution in [2.45, 2.75) is 13.3 Å². The highest BCUT2D eigenvalue weighted by Crippen LogP contribution is 2.28. The summed E-state index contributed by atoms with van der Waals surface area (Å²) in [6.07, 6.45) is -0.0612. The van der Waals surface area contributed by atoms with E-state index in [-0.39, 0.29) is 23.7 Å². The number of carbonyl (C=O) groups excluding carboxylic acids is 1. The number of hydrogen-bond donors (Lipinski definition) is 0. The van der Waals surface area contributed by atoms with Crippen LogP contribution in [-0.4, -0.2) is 17.5 Å². The van der Waals surface area contributed by atoms with Gasteiger partial charge in [0.2, 0.25) is 0 Å². The minimum absolute atomic E-state index is 0.0134. The van der Waals surface area contributed by atoms with Gasteiger partial charge in [-0.15, -0.1) is 0 Å². The number of benzene rings is 1. The standard InChI is InChI=1S/C10H10ClNO4/c1-2-16-9(13)6-7-4-3-5-8(10(7)11)12(14)15/h3-5H,2,6H2,1H3. The van der Waals surface area contributed by atoms with Gasteiger partial charge >= 0.3 is 5.97 Å². The molecule has 0 aliphatic heterocycles. The van der Waals surface area contributed by atoms with Gasteiger partial charge in [-0.05, 0) is 12.5 Å². The zero-order valence-corrected chi connectivity index (χ0v) is 9.36. The van der Waals surface area contributed by atoms with Gasteiger partial charge < -0.3 is 4.74 Å². The molecule has 16 heavy (non-hydrogen) atoms. The molecule has 0 heterocycles. The van der Waals surface area contributed by atoms with Crippen LogP contribution in [0, 0.1) is 10.1 Å². The first-order valence-corrected chi connectivity index (χ1v) is 5.01. The summed E-state index contributed by atoms with van der Waals surface area (Å²) in [4.78, 5) is 21.2. The summed E-state index contributed by atoms with van der Waals surface area (Å²) in [5, 5.41) is 10.6. The van der Waals surface area contributed by atoms with E-state index in [1.165, 1.54) is 12.1 Å². The Balaban J connectivity index is 2.93. The van der Waals surface area contributed by atoms with Crippen molar-refractivity contribution < 1.29 is 14.5 Å². The van der Waals surface area contributed by atoms with E-state index in [4.69, 9.17) is 16.3 Å². The Hall–Kier alpha value is -1.62. The van der Waals surface area contributed by atoms with Crippen molar-refractivity contribution in [3.05, 3.63) is 38.9 Å². The van der Waals surface area contributed by atoms with Crippen molar-refractivity contribution in [1.29, 1.82) is 0 Å². The lowest BCUT2D eigenvalue weighted by Gasteiger charge is -2.04. The molecule has 0 unspecified atom stereocenters. The molecule has 5 nitrogen and oxygen atoms in total. The molecule has 0 radical (unpaired) electrons. The molecule has 0 aromatic heterocycles. The molecule has 6 heteroatoms. The van der Waals surface area contributed by atoms with Gasteiger partial charge in [-0.1, -0.05) is 23.7 Å². The summed E-state index contributed by atoms with van der Waals surface area (Å²) in [6.45, 7) is 1.96. The highest BCUT2D eigenvalue weighted by molar-refractivity contribution is 6.33. The number of nitro groups is 1. The van der Waals surface area contributed by atoms with Crippen molar-refractivity contribution in [3.8, 4) is 0 Å². The van der Waals surface area contributed by atoms with Gasteiger partial charge in [0, 0.05) is 6.07 Å². The second kappa shape index (κ2) is 5.46. The molecule has 0 aliphatic carbocycles. The Labute approximate surface area is 97.1 Å². The van der Waals surface area contributed by atoms with Gasteiger partial charge in [0.15, 0.2) is 0 Å². The van der Waals surface area contributed by atoms with E-state index in [2.05, 4.69) is 0 Å². The van der Waals surface area contributed by atoms with Gasteiger partial charge in [0.05, 0.1) is 18.0 Å². The highest BCUT2D eigenvalue weighted by atomic mass is 35.5. The maximum Gasteiger partial charge on any atom is 0.310 e. The predicted octanol–water partition coefficient (Wildman–Crippen LogP) is 2.35. The smallest absolute Gasteiger partial charge is 0.310 e. The lowest BCUT2D eigenvalue weighted by atomic mass is 10.1. The molecule has 0 fully saturated rings. The lowest BCUT2D eigenvalue weighted by molar-refractivity contribution is -0.384. The van der Waals surface area contributed by atoms with Crippen LogP contribution in [0.15, 0.2) is 18.2 Å². The van der Waals surface area contributed by atoms with Gasteiger partial charge in [-0.25, -0.2) is 0 Å². The van der Waals surface area contributed by atoms with Crippen molar-refractivity contribution in [3.63, 3.8) is 0 Å². The number of halogens is 1. The number of ether oxygens (including phenoxy) is 1. The van der Waals surface area contributed by atoms with E-state index in [1.54, 1.807) is 13.0 Å². The largest absolute Gasteiger partial charge is 0.466 e. The third-order valence-corrected chi connectivity index (χ3v) is 2.33. The number of nitrogens with zero attached hydrogens (tertiary/aromatic N) is 1. The maximum absolute atomic E-state index is 11.2. The number of nitro benzene ring substituents is 1. The fourth-order valence-electron chi connectivity index (χ4n) is 1.21. The number of carbonyl (C=O) groups is 1. The Morgan fingerprint density at radius 3 is 2.81 bits per heavy atom. The van der Waals surface area contributed by atoms with Crippen molar-refractivity contribution >= 4 is 23.3 Å². The molecule has 0 amide bonds. The van der Waals surface area contributed by atoms with Crippen molar-refractivity contribution in [1.82, 2.24) is 0 Å². The summed E-state index contributed by atoms with van der Waals surface area (Å²) in [6, 6.07) is 4.34. The first-order valence-electron chi connectivity index (χ1n) is 4.63. The quantitative estimate of drug-likeness (QED) is 0.462. The second-order valence-corrected chi connectivity index (χ2v) is 3.37. The molecule has 0 bridgehead atoms. The van der Waals surface area contributed by atoms with Gasteiger partial charge in [-0.3, -0.25) is 14.9 Å². The van der Waals surface area contributed by atoms with E-state index >= 15 is 0 Å². The van der Waals surface area contributed by atoms with Crippen LogP contribution >= 0.6 is 11.6 Å². The maximum atomic E-state index is 11.2. The summed E-state index contributed by atoms with van der Waals surface area (Å²) < 4.78 is 4.73. The molecule has 86 valence electrons. The van der Waals surface area contributed by atoms with Crippen molar-refractivity contribution in [2.24, 2.45) is 0 Å². The Bertz CT molecular complexity index is 419. The van der Waals surface area contributed by atoms with Crippen LogP contribution in [0.25, 0.3) is 0 Å². The molecule has 0 spiro atoms. The molecule has 1 aromatic rings. The van der Waals surface area contributed by atoms with E-state index in [0.29, 0.717) is 5.56 Å². The van der Waals surface area contributed by atoms with Gasteiger partial charge in [-0.2, -0.15) is 0 Å². The summed E-state index contributed by atoms with van der Waals surface area (Å²) in [7, 11) is 0. The molecular formula is C10H10ClNO4. The average molecular weight is 244 g/mol. The van der Waals surface area contributed by atoms with Crippen LogP contribution in [0.1, 0.15) is 12.5 Å². The SMILES string of the molecule is CCOC(=O)Cc1cccc([N+](=O)[O-])c1Cl. The summed E-state index contributed by atoms with van der Waals surface area (Å²) >= 11 is 5.80. The zero-order valence-electron chi connectivity index (χ0n) is 8.60. The molecule has 0 saturated heterocycles. The molecule has 0 saturated carbocycles. The van der Waals surface area contributed by atoms with E-state index in [9.17, 15) is 14.9 Å². The molecule has 0 aliphatic rings. The summed E-state index contributed by atoms with van der Waals surface area (Å²) in [5.74, 6) is -0.454. The average Bonchev–Trinajstić information content (AvgIpc) is 2.21. The Morgan fingerprint density at radius 1 is 1.56 bits per heavy atom. The third-order valence-electron chi connectivity index (χ3n) is 1.90. The number of rotatable bonds is 4. The zero-order chi connectivity index (χ0) is 12.1. The molecule has 0 atom stereocenters. The molecule has 0 N–H and O–H groups in total. The third kappa shape index (κ3) is 2.93. The fraction of sp³-hybridized carbons (Fsp3) is 0.300. The highest BCUT2D eigenvalue weighted by Gasteiger charge is 2.17. The van der Waals surface area contributed by atoms with E-state index in [0.717, 1.165) is 0 Å². The molecule has 1 rings (SSSR count). The van der Waals surface area contributed by atoms with Crippen LogP contribution in [0.3, 0.4) is 0 Å². The molecular weight excluding hydrogens is 234 g/mol. The van der Waals surface area contributed by atoms with E-state index < -0.39 is 10.9 Å². The van der Waals surface area contributed by atoms with Crippen LogP contribution in [0.2, 0.25) is 5.02 Å². The van der Waals surface area contributed by atoms with Gasteiger partial charge in [0.25, 0.3) is 5.69 Å². The fourth-order valence-corrected chi connectivity index (χ4v) is 1.47. The Kier molecular flexibility index (Phi) is 4.25.